The number of benzene rings is 1. The van der Waals surface area contributed by atoms with Gasteiger partial charge in [0.15, 0.2) is 0 Å². The van der Waals surface area contributed by atoms with Crippen molar-refractivity contribution in [1.29, 1.82) is 0 Å². The van der Waals surface area contributed by atoms with Gasteiger partial charge in [0.25, 0.3) is 0 Å². The van der Waals surface area contributed by atoms with Gasteiger partial charge in [-0.2, -0.15) is 0 Å². The highest BCUT2D eigenvalue weighted by Crippen LogP contribution is 2.29. The van der Waals surface area contributed by atoms with Gasteiger partial charge in [-0.05, 0) is 58.4 Å². The summed E-state index contributed by atoms with van der Waals surface area (Å²) in [7, 11) is 3.28. The smallest absolute Gasteiger partial charge is 0.234 e. The molecule has 30 heavy (non-hydrogen) atoms. The molecule has 1 aromatic rings. The van der Waals surface area contributed by atoms with Gasteiger partial charge in [-0.3, -0.25) is 14.6 Å². The quantitative estimate of drug-likeness (QED) is 0.698. The van der Waals surface area contributed by atoms with E-state index in [0.717, 1.165) is 56.1 Å². The van der Waals surface area contributed by atoms with E-state index in [-0.39, 0.29) is 24.2 Å². The van der Waals surface area contributed by atoms with Gasteiger partial charge in [0.2, 0.25) is 5.91 Å². The molecule has 7 heteroatoms. The molecule has 0 saturated carbocycles. The number of likely N-dealkylation sites (tertiary alicyclic amines) is 1. The third-order valence-corrected chi connectivity index (χ3v) is 6.09. The SMILES string of the molecule is COc1ccc(OC)c([C@H](C)NC(=O)CN2CCC[C@@H]2CN2C[C@H](C)O[C@@H](C)C2)c1. The topological polar surface area (TPSA) is 63.3 Å². The van der Waals surface area contributed by atoms with E-state index in [2.05, 4.69) is 29.0 Å². The van der Waals surface area contributed by atoms with E-state index in [0.29, 0.717) is 12.6 Å². The molecular formula is C23H37N3O4. The van der Waals surface area contributed by atoms with Crippen molar-refractivity contribution in [3.05, 3.63) is 23.8 Å². The molecule has 2 fully saturated rings. The van der Waals surface area contributed by atoms with E-state index in [1.807, 2.05) is 25.1 Å². The van der Waals surface area contributed by atoms with Crippen LogP contribution >= 0.6 is 0 Å². The van der Waals surface area contributed by atoms with Gasteiger partial charge in [0.05, 0.1) is 39.0 Å². The Hall–Kier alpha value is -1.83. The van der Waals surface area contributed by atoms with Crippen LogP contribution in [0.1, 0.15) is 45.2 Å². The fraction of sp³-hybridized carbons (Fsp3) is 0.696. The number of morpholine rings is 1. The van der Waals surface area contributed by atoms with Crippen molar-refractivity contribution in [3.8, 4) is 11.5 Å². The predicted octanol–water partition coefficient (Wildman–Crippen LogP) is 2.45. The number of rotatable bonds is 8. The van der Waals surface area contributed by atoms with Crippen LogP contribution in [0.5, 0.6) is 11.5 Å². The Morgan fingerprint density at radius 1 is 1.23 bits per heavy atom. The normalized spacial score (nSPS) is 26.4. The lowest BCUT2D eigenvalue weighted by molar-refractivity contribution is -0.123. The summed E-state index contributed by atoms with van der Waals surface area (Å²) in [6, 6.07) is 5.92. The molecule has 0 unspecified atom stereocenters. The van der Waals surface area contributed by atoms with Crippen LogP contribution in [0, 0.1) is 0 Å². The van der Waals surface area contributed by atoms with Crippen molar-refractivity contribution in [1.82, 2.24) is 15.1 Å². The van der Waals surface area contributed by atoms with E-state index in [1.54, 1.807) is 14.2 Å². The molecule has 4 atom stereocenters. The first-order valence-corrected chi connectivity index (χ1v) is 11.0. The highest BCUT2D eigenvalue weighted by Gasteiger charge is 2.31. The van der Waals surface area contributed by atoms with E-state index in [9.17, 15) is 4.79 Å². The van der Waals surface area contributed by atoms with Crippen molar-refractivity contribution in [2.45, 2.75) is 57.9 Å². The monoisotopic (exact) mass is 419 g/mol. The number of methoxy groups -OCH3 is 2. The fourth-order valence-electron chi connectivity index (χ4n) is 4.77. The van der Waals surface area contributed by atoms with Crippen molar-refractivity contribution < 1.29 is 19.0 Å². The van der Waals surface area contributed by atoms with Gasteiger partial charge in [-0.1, -0.05) is 0 Å². The summed E-state index contributed by atoms with van der Waals surface area (Å²) in [5, 5.41) is 3.14. The van der Waals surface area contributed by atoms with Gasteiger partial charge in [0, 0.05) is 31.2 Å². The second kappa shape index (κ2) is 10.5. The second-order valence-corrected chi connectivity index (χ2v) is 8.64. The first kappa shape index (κ1) is 22.8. The van der Waals surface area contributed by atoms with Gasteiger partial charge in [-0.15, -0.1) is 0 Å². The van der Waals surface area contributed by atoms with Gasteiger partial charge >= 0.3 is 0 Å². The Labute approximate surface area is 180 Å². The minimum Gasteiger partial charge on any atom is -0.497 e. The van der Waals surface area contributed by atoms with Crippen molar-refractivity contribution in [2.24, 2.45) is 0 Å². The number of carbonyl (C=O) groups excluding carboxylic acids is 1. The Morgan fingerprint density at radius 3 is 2.63 bits per heavy atom. The van der Waals surface area contributed by atoms with Crippen LogP contribution < -0.4 is 14.8 Å². The lowest BCUT2D eigenvalue weighted by Gasteiger charge is -2.38. The van der Waals surface area contributed by atoms with Crippen LogP contribution in [0.3, 0.4) is 0 Å². The van der Waals surface area contributed by atoms with Crippen LogP contribution in [0.25, 0.3) is 0 Å². The van der Waals surface area contributed by atoms with Crippen LogP contribution in [-0.4, -0.2) is 80.9 Å². The van der Waals surface area contributed by atoms with Crippen molar-refractivity contribution >= 4 is 5.91 Å². The zero-order valence-corrected chi connectivity index (χ0v) is 19.0. The van der Waals surface area contributed by atoms with Crippen LogP contribution in [0.15, 0.2) is 18.2 Å². The average Bonchev–Trinajstić information content (AvgIpc) is 3.12. The molecule has 0 radical (unpaired) electrons. The molecule has 0 aliphatic carbocycles. The molecule has 0 aromatic heterocycles. The molecule has 0 bridgehead atoms. The predicted molar refractivity (Wildman–Crippen MR) is 117 cm³/mol. The maximum Gasteiger partial charge on any atom is 0.234 e. The summed E-state index contributed by atoms with van der Waals surface area (Å²) in [5.41, 5.74) is 0.916. The fourth-order valence-corrected chi connectivity index (χ4v) is 4.77. The highest BCUT2D eigenvalue weighted by molar-refractivity contribution is 5.78. The van der Waals surface area contributed by atoms with Crippen LogP contribution in [-0.2, 0) is 9.53 Å². The number of nitrogens with zero attached hydrogens (tertiary/aromatic N) is 2. The van der Waals surface area contributed by atoms with Gasteiger partial charge in [-0.25, -0.2) is 0 Å². The Morgan fingerprint density at radius 2 is 1.97 bits per heavy atom. The highest BCUT2D eigenvalue weighted by atomic mass is 16.5. The van der Waals surface area contributed by atoms with Crippen molar-refractivity contribution in [2.75, 3.05) is 46.9 Å². The zero-order chi connectivity index (χ0) is 21.7. The van der Waals surface area contributed by atoms with E-state index in [1.165, 1.54) is 0 Å². The third-order valence-electron chi connectivity index (χ3n) is 6.09. The van der Waals surface area contributed by atoms with E-state index < -0.39 is 0 Å². The number of hydrogen-bond acceptors (Lipinski definition) is 6. The molecule has 1 aromatic carbocycles. The molecule has 1 N–H and O–H groups in total. The Balaban J connectivity index is 1.56. The molecule has 1 amide bonds. The minimum atomic E-state index is -0.162. The summed E-state index contributed by atoms with van der Waals surface area (Å²) in [5.74, 6) is 1.54. The Kier molecular flexibility index (Phi) is 7.97. The third kappa shape index (κ3) is 5.86. The second-order valence-electron chi connectivity index (χ2n) is 8.64. The molecule has 2 heterocycles. The largest absolute Gasteiger partial charge is 0.497 e. The molecule has 0 spiro atoms. The average molecular weight is 420 g/mol. The summed E-state index contributed by atoms with van der Waals surface area (Å²) >= 11 is 0. The minimum absolute atomic E-state index is 0.0444. The van der Waals surface area contributed by atoms with Crippen molar-refractivity contribution in [3.63, 3.8) is 0 Å². The van der Waals surface area contributed by atoms with Crippen LogP contribution in [0.2, 0.25) is 0 Å². The maximum atomic E-state index is 12.8. The molecule has 2 aliphatic rings. The number of nitrogens with one attached hydrogen (secondary N) is 1. The molecule has 168 valence electrons. The summed E-state index contributed by atoms with van der Waals surface area (Å²) in [6.07, 6.45) is 2.83. The number of amides is 1. The molecule has 7 nitrogen and oxygen atoms in total. The van der Waals surface area contributed by atoms with E-state index in [4.69, 9.17) is 14.2 Å². The maximum absolute atomic E-state index is 12.8. The molecule has 2 saturated heterocycles. The number of ether oxygens (including phenoxy) is 3. The standard InChI is InChI=1S/C23H37N3O4/c1-16-12-25(13-17(2)30-16)14-19-7-6-10-26(19)15-23(27)24-18(3)21-11-20(28-4)8-9-22(21)29-5/h8-9,11,16-19H,6-7,10,12-15H2,1-5H3,(H,24,27)/t16-,17-,18-,19+/m0/s1. The summed E-state index contributed by atoms with van der Waals surface area (Å²) in [4.78, 5) is 17.6. The van der Waals surface area contributed by atoms with Gasteiger partial charge < -0.3 is 19.5 Å². The molecular weight excluding hydrogens is 382 g/mol. The zero-order valence-electron chi connectivity index (χ0n) is 19.0. The lowest BCUT2D eigenvalue weighted by Crippen LogP contribution is -2.51. The molecule has 2 aliphatic heterocycles. The summed E-state index contributed by atoms with van der Waals surface area (Å²) in [6.45, 7) is 10.6. The first-order valence-electron chi connectivity index (χ1n) is 11.0. The molecule has 3 rings (SSSR count). The first-order chi connectivity index (χ1) is 14.4. The Bertz CT molecular complexity index is 704. The number of carbonyl (C=O) groups is 1. The summed E-state index contributed by atoms with van der Waals surface area (Å²) < 4.78 is 16.7. The van der Waals surface area contributed by atoms with Gasteiger partial charge in [0.1, 0.15) is 11.5 Å². The van der Waals surface area contributed by atoms with Crippen LogP contribution in [0.4, 0.5) is 0 Å². The number of hydrogen-bond donors (Lipinski definition) is 1. The lowest BCUT2D eigenvalue weighted by atomic mass is 10.1. The van der Waals surface area contributed by atoms with E-state index >= 15 is 0 Å².